The highest BCUT2D eigenvalue weighted by atomic mass is 32.1. The van der Waals surface area contributed by atoms with Gasteiger partial charge >= 0.3 is 0 Å². The van der Waals surface area contributed by atoms with Gasteiger partial charge in [-0.05, 0) is 57.3 Å². The van der Waals surface area contributed by atoms with Crippen molar-refractivity contribution >= 4 is 27.8 Å². The first-order valence-corrected chi connectivity index (χ1v) is 12.0. The van der Waals surface area contributed by atoms with E-state index in [0.29, 0.717) is 23.7 Å². The number of hydrogen-bond acceptors (Lipinski definition) is 9. The Kier molecular flexibility index (Phi) is 7.00. The highest BCUT2D eigenvalue weighted by Crippen LogP contribution is 2.32. The fourth-order valence-corrected chi connectivity index (χ4v) is 4.77. The molecule has 0 aliphatic rings. The molecule has 0 aliphatic heterocycles. The quantitative estimate of drug-likeness (QED) is 0.384. The number of fused-ring (bicyclic) bond motifs is 1. The molecule has 1 atom stereocenters. The van der Waals surface area contributed by atoms with Crippen molar-refractivity contribution in [1.82, 2.24) is 19.3 Å². The minimum atomic E-state index is -0.357. The van der Waals surface area contributed by atoms with Gasteiger partial charge in [0.2, 0.25) is 0 Å². The summed E-state index contributed by atoms with van der Waals surface area (Å²) < 4.78 is 7.64. The number of benzene rings is 1. The van der Waals surface area contributed by atoms with Gasteiger partial charge < -0.3 is 20.7 Å². The topological polar surface area (TPSA) is 122 Å². The van der Waals surface area contributed by atoms with E-state index in [9.17, 15) is 10.1 Å². The molecule has 3 aromatic heterocycles. The van der Waals surface area contributed by atoms with Crippen LogP contribution in [0.2, 0.25) is 0 Å². The first-order chi connectivity index (χ1) is 16.8. The third-order valence-corrected chi connectivity index (χ3v) is 6.65. The van der Waals surface area contributed by atoms with E-state index in [0.717, 1.165) is 28.2 Å². The third kappa shape index (κ3) is 4.96. The van der Waals surface area contributed by atoms with Crippen LogP contribution in [0.4, 0.5) is 11.6 Å². The lowest BCUT2D eigenvalue weighted by atomic mass is 9.96. The number of nitrogen functional groups attached to an aromatic ring is 1. The first-order valence-electron chi connectivity index (χ1n) is 11.1. The summed E-state index contributed by atoms with van der Waals surface area (Å²) in [5, 5.41) is 14.7. The standard InChI is InChI=1S/C25H27N7O2S/c1-15-13-35-21-11-19(16(2)30-24-20(12-26)23(27)28-14-29-24)22(25(33)32(15)21)17-6-5-7-18(10-17)34-9-8-31(3)4/h5-7,10-11,13-14,16H,8-9H2,1-4H3,(H3,27,28,29,30)/t16-/m0/s1. The van der Waals surface area contributed by atoms with Crippen molar-refractivity contribution in [2.24, 2.45) is 0 Å². The smallest absolute Gasteiger partial charge is 0.264 e. The van der Waals surface area contributed by atoms with E-state index in [1.54, 1.807) is 4.40 Å². The van der Waals surface area contributed by atoms with Crippen molar-refractivity contribution in [3.8, 4) is 22.9 Å². The van der Waals surface area contributed by atoms with Crippen LogP contribution in [0.1, 0.15) is 29.8 Å². The molecular formula is C25H27N7O2S. The first kappa shape index (κ1) is 24.2. The van der Waals surface area contributed by atoms with Crippen LogP contribution < -0.4 is 21.3 Å². The molecule has 3 N–H and O–H groups in total. The van der Waals surface area contributed by atoms with Crippen LogP contribution in [0.5, 0.6) is 5.75 Å². The summed E-state index contributed by atoms with van der Waals surface area (Å²) >= 11 is 1.50. The van der Waals surface area contributed by atoms with Gasteiger partial charge in [-0.1, -0.05) is 12.1 Å². The number of nitrogens with zero attached hydrogens (tertiary/aromatic N) is 5. The van der Waals surface area contributed by atoms with Crippen LogP contribution >= 0.6 is 11.3 Å². The maximum atomic E-state index is 13.8. The van der Waals surface area contributed by atoms with Gasteiger partial charge in [-0.15, -0.1) is 11.3 Å². The molecule has 35 heavy (non-hydrogen) atoms. The Bertz CT molecular complexity index is 1470. The zero-order chi connectivity index (χ0) is 25.1. The van der Waals surface area contributed by atoms with Gasteiger partial charge in [-0.3, -0.25) is 9.20 Å². The molecule has 10 heteroatoms. The van der Waals surface area contributed by atoms with Crippen LogP contribution in [0.3, 0.4) is 0 Å². The Morgan fingerprint density at radius 3 is 2.86 bits per heavy atom. The van der Waals surface area contributed by atoms with Crippen molar-refractivity contribution in [3.63, 3.8) is 0 Å². The van der Waals surface area contributed by atoms with Crippen molar-refractivity contribution in [3.05, 3.63) is 69.2 Å². The lowest BCUT2D eigenvalue weighted by Crippen LogP contribution is -2.21. The fourth-order valence-electron chi connectivity index (χ4n) is 3.84. The summed E-state index contributed by atoms with van der Waals surface area (Å²) in [6.45, 7) is 5.16. The van der Waals surface area contributed by atoms with E-state index in [1.807, 2.05) is 74.6 Å². The molecule has 0 bridgehead atoms. The van der Waals surface area contributed by atoms with E-state index in [1.165, 1.54) is 17.7 Å². The molecule has 3 heterocycles. The number of aromatic nitrogens is 3. The van der Waals surface area contributed by atoms with Gasteiger partial charge in [0.25, 0.3) is 5.56 Å². The molecule has 4 aromatic rings. The highest BCUT2D eigenvalue weighted by Gasteiger charge is 2.21. The highest BCUT2D eigenvalue weighted by molar-refractivity contribution is 7.15. The summed E-state index contributed by atoms with van der Waals surface area (Å²) in [4.78, 5) is 24.8. The number of likely N-dealkylation sites (N-methyl/N-ethyl adjacent to an activating group) is 1. The van der Waals surface area contributed by atoms with Gasteiger partial charge in [0.05, 0.1) is 11.6 Å². The number of rotatable bonds is 8. The van der Waals surface area contributed by atoms with E-state index in [4.69, 9.17) is 10.5 Å². The van der Waals surface area contributed by atoms with Crippen molar-refractivity contribution in [2.45, 2.75) is 19.9 Å². The Balaban J connectivity index is 1.81. The molecule has 1 aromatic carbocycles. The number of anilines is 2. The van der Waals surface area contributed by atoms with E-state index >= 15 is 0 Å². The lowest BCUT2D eigenvalue weighted by Gasteiger charge is -2.20. The molecule has 9 nitrogen and oxygen atoms in total. The summed E-state index contributed by atoms with van der Waals surface area (Å²) in [6.07, 6.45) is 1.31. The number of nitriles is 1. The molecule has 180 valence electrons. The third-order valence-electron chi connectivity index (χ3n) is 5.65. The van der Waals surface area contributed by atoms with Gasteiger partial charge in [0.1, 0.15) is 46.8 Å². The second-order valence-corrected chi connectivity index (χ2v) is 9.36. The maximum Gasteiger partial charge on any atom is 0.264 e. The van der Waals surface area contributed by atoms with Crippen LogP contribution in [0.15, 0.2) is 46.8 Å². The summed E-state index contributed by atoms with van der Waals surface area (Å²) in [6, 6.07) is 11.3. The lowest BCUT2D eigenvalue weighted by molar-refractivity contribution is 0.261. The van der Waals surface area contributed by atoms with Gasteiger partial charge in [-0.2, -0.15) is 5.26 Å². The number of thiazole rings is 1. The van der Waals surface area contributed by atoms with Crippen molar-refractivity contribution in [1.29, 1.82) is 5.26 Å². The number of ether oxygens (including phenoxy) is 1. The Hall–Kier alpha value is -3.94. The predicted molar refractivity (Wildman–Crippen MR) is 139 cm³/mol. The number of aryl methyl sites for hydroxylation is 1. The number of hydrogen-bond donors (Lipinski definition) is 2. The van der Waals surface area contributed by atoms with Crippen molar-refractivity contribution in [2.75, 3.05) is 38.3 Å². The minimum Gasteiger partial charge on any atom is -0.492 e. The molecule has 0 saturated heterocycles. The largest absolute Gasteiger partial charge is 0.492 e. The average molecular weight is 490 g/mol. The Morgan fingerprint density at radius 2 is 2.11 bits per heavy atom. The fraction of sp³-hybridized carbons (Fsp3) is 0.280. The minimum absolute atomic E-state index is 0.101. The number of nitrogens with one attached hydrogen (secondary N) is 1. The molecule has 0 spiro atoms. The van der Waals surface area contributed by atoms with Gasteiger partial charge in [-0.25, -0.2) is 9.97 Å². The van der Waals surface area contributed by atoms with Crippen LogP contribution in [0, 0.1) is 18.3 Å². The summed E-state index contributed by atoms with van der Waals surface area (Å²) in [5.41, 5.74) is 8.88. The zero-order valence-electron chi connectivity index (χ0n) is 20.1. The van der Waals surface area contributed by atoms with Crippen LogP contribution in [-0.2, 0) is 0 Å². The van der Waals surface area contributed by atoms with Gasteiger partial charge in [0, 0.05) is 17.6 Å². The van der Waals surface area contributed by atoms with Gasteiger partial charge in [0.15, 0.2) is 0 Å². The summed E-state index contributed by atoms with van der Waals surface area (Å²) in [7, 11) is 3.98. The molecule has 4 rings (SSSR count). The molecule has 0 amide bonds. The zero-order valence-corrected chi connectivity index (χ0v) is 20.9. The Morgan fingerprint density at radius 1 is 1.31 bits per heavy atom. The molecule has 0 fully saturated rings. The van der Waals surface area contributed by atoms with E-state index in [-0.39, 0.29) is 23.0 Å². The number of nitrogens with two attached hydrogens (primary N) is 1. The normalized spacial score (nSPS) is 12.0. The van der Waals surface area contributed by atoms with Crippen LogP contribution in [-0.4, -0.2) is 46.5 Å². The second-order valence-electron chi connectivity index (χ2n) is 8.47. The monoisotopic (exact) mass is 489 g/mol. The Labute approximate surface area is 207 Å². The number of pyridine rings is 1. The molecule has 0 unspecified atom stereocenters. The predicted octanol–water partition coefficient (Wildman–Crippen LogP) is 3.69. The summed E-state index contributed by atoms with van der Waals surface area (Å²) in [5.74, 6) is 1.11. The van der Waals surface area contributed by atoms with E-state index in [2.05, 4.69) is 15.3 Å². The average Bonchev–Trinajstić information content (AvgIpc) is 3.20. The van der Waals surface area contributed by atoms with Crippen LogP contribution in [0.25, 0.3) is 16.0 Å². The molecule has 0 aliphatic carbocycles. The molecular weight excluding hydrogens is 462 g/mol. The van der Waals surface area contributed by atoms with Crippen molar-refractivity contribution < 1.29 is 4.74 Å². The molecule has 0 saturated carbocycles. The maximum absolute atomic E-state index is 13.8. The molecule has 0 radical (unpaired) electrons. The second kappa shape index (κ2) is 10.1. The SMILES string of the molecule is Cc1csc2cc([C@H](C)Nc3ncnc(N)c3C#N)c(-c3cccc(OCCN(C)C)c3)c(=O)n12. The van der Waals surface area contributed by atoms with E-state index < -0.39 is 0 Å².